The molecule has 2 rings (SSSR count). The zero-order valence-electron chi connectivity index (χ0n) is 9.61. The molecule has 2 aromatic rings. The van der Waals surface area contributed by atoms with E-state index in [1.807, 2.05) is 6.07 Å². The van der Waals surface area contributed by atoms with Crippen LogP contribution in [0.25, 0.3) is 0 Å². The van der Waals surface area contributed by atoms with Crippen LogP contribution in [0.1, 0.15) is 15.9 Å². The third kappa shape index (κ3) is 2.53. The van der Waals surface area contributed by atoms with Crippen molar-refractivity contribution in [2.24, 2.45) is 0 Å². The van der Waals surface area contributed by atoms with Gasteiger partial charge in [0.05, 0.1) is 12.7 Å². The molecule has 0 aromatic heterocycles. The molecule has 2 nitrogen and oxygen atoms in total. The summed E-state index contributed by atoms with van der Waals surface area (Å²) in [7, 11) is 1.37. The Morgan fingerprint density at radius 2 is 1.94 bits per heavy atom. The van der Waals surface area contributed by atoms with Crippen LogP contribution in [0.4, 0.5) is 4.39 Å². The van der Waals surface area contributed by atoms with E-state index in [0.717, 1.165) is 3.57 Å². The molecule has 0 aliphatic rings. The van der Waals surface area contributed by atoms with Crippen molar-refractivity contribution in [1.29, 1.82) is 0 Å². The van der Waals surface area contributed by atoms with Gasteiger partial charge in [0, 0.05) is 9.13 Å². The quantitative estimate of drug-likeness (QED) is 0.620. The predicted octanol–water partition coefficient (Wildman–Crippen LogP) is 3.67. The van der Waals surface area contributed by atoms with Crippen molar-refractivity contribution >= 4 is 28.4 Å². The Kier molecular flexibility index (Phi) is 3.96. The van der Waals surface area contributed by atoms with E-state index < -0.39 is 5.82 Å². The molecule has 0 heterocycles. The first-order valence-electron chi connectivity index (χ1n) is 5.26. The number of ether oxygens (including phenoxy) is 1. The average molecular weight is 356 g/mol. The molecule has 18 heavy (non-hydrogen) atoms. The monoisotopic (exact) mass is 356 g/mol. The van der Waals surface area contributed by atoms with E-state index in [2.05, 4.69) is 22.6 Å². The van der Waals surface area contributed by atoms with Crippen molar-refractivity contribution in [2.45, 2.75) is 0 Å². The fourth-order valence-electron chi connectivity index (χ4n) is 1.63. The van der Waals surface area contributed by atoms with Crippen LogP contribution >= 0.6 is 22.6 Å². The second-order valence-electron chi connectivity index (χ2n) is 3.66. The van der Waals surface area contributed by atoms with Crippen LogP contribution in [0.2, 0.25) is 0 Å². The first-order chi connectivity index (χ1) is 8.63. The summed E-state index contributed by atoms with van der Waals surface area (Å²) in [4.78, 5) is 12.2. The SMILES string of the molecule is COc1cccc(C(=O)c2cccc(I)c2)c1F. The maximum Gasteiger partial charge on any atom is 0.196 e. The number of benzene rings is 2. The second kappa shape index (κ2) is 5.48. The van der Waals surface area contributed by atoms with Gasteiger partial charge < -0.3 is 4.74 Å². The molecule has 0 spiro atoms. The Hall–Kier alpha value is -1.43. The summed E-state index contributed by atoms with van der Waals surface area (Å²) in [5.74, 6) is -0.889. The van der Waals surface area contributed by atoms with Gasteiger partial charge in [-0.2, -0.15) is 0 Å². The summed E-state index contributed by atoms with van der Waals surface area (Å²) in [6.45, 7) is 0. The molecule has 0 aliphatic heterocycles. The smallest absolute Gasteiger partial charge is 0.196 e. The molecule has 2 aromatic carbocycles. The van der Waals surface area contributed by atoms with Gasteiger partial charge in [-0.1, -0.05) is 18.2 Å². The van der Waals surface area contributed by atoms with Crippen molar-refractivity contribution in [2.75, 3.05) is 7.11 Å². The molecule has 0 saturated heterocycles. The zero-order valence-corrected chi connectivity index (χ0v) is 11.8. The van der Waals surface area contributed by atoms with Crippen LogP contribution < -0.4 is 4.74 Å². The van der Waals surface area contributed by atoms with Gasteiger partial charge in [0.25, 0.3) is 0 Å². The Labute approximate surface area is 118 Å². The fourth-order valence-corrected chi connectivity index (χ4v) is 2.17. The minimum atomic E-state index is -0.621. The van der Waals surface area contributed by atoms with Crippen LogP contribution in [-0.2, 0) is 0 Å². The predicted molar refractivity (Wildman–Crippen MR) is 75.5 cm³/mol. The Morgan fingerprint density at radius 3 is 2.61 bits per heavy atom. The molecule has 0 radical (unpaired) electrons. The van der Waals surface area contributed by atoms with Gasteiger partial charge in [-0.25, -0.2) is 4.39 Å². The van der Waals surface area contributed by atoms with Gasteiger partial charge in [-0.15, -0.1) is 0 Å². The molecule has 92 valence electrons. The molecule has 0 bridgehead atoms. The summed E-state index contributed by atoms with van der Waals surface area (Å²) in [6.07, 6.45) is 0. The lowest BCUT2D eigenvalue weighted by Crippen LogP contribution is -2.05. The number of methoxy groups -OCH3 is 1. The van der Waals surface area contributed by atoms with Gasteiger partial charge in [-0.05, 0) is 46.9 Å². The highest BCUT2D eigenvalue weighted by Gasteiger charge is 2.17. The molecule has 0 fully saturated rings. The number of rotatable bonds is 3. The number of hydrogen-bond donors (Lipinski definition) is 0. The highest BCUT2D eigenvalue weighted by Crippen LogP contribution is 2.22. The third-order valence-electron chi connectivity index (χ3n) is 2.51. The molecule has 0 N–H and O–H groups in total. The van der Waals surface area contributed by atoms with Crippen molar-refractivity contribution in [3.05, 3.63) is 63.0 Å². The van der Waals surface area contributed by atoms with E-state index in [4.69, 9.17) is 4.74 Å². The van der Waals surface area contributed by atoms with E-state index in [0.29, 0.717) is 5.56 Å². The molecule has 0 atom stereocenters. The molecular weight excluding hydrogens is 346 g/mol. The Balaban J connectivity index is 2.46. The van der Waals surface area contributed by atoms with Crippen molar-refractivity contribution in [3.8, 4) is 5.75 Å². The summed E-state index contributed by atoms with van der Waals surface area (Å²) in [6, 6.07) is 11.6. The van der Waals surface area contributed by atoms with E-state index in [1.165, 1.54) is 19.2 Å². The fraction of sp³-hybridized carbons (Fsp3) is 0.0714. The summed E-state index contributed by atoms with van der Waals surface area (Å²) < 4.78 is 19.8. The van der Waals surface area contributed by atoms with Gasteiger partial charge >= 0.3 is 0 Å². The normalized spacial score (nSPS) is 10.2. The largest absolute Gasteiger partial charge is 0.494 e. The van der Waals surface area contributed by atoms with Crippen LogP contribution in [0, 0.1) is 9.39 Å². The molecule has 0 aliphatic carbocycles. The number of halogens is 2. The topological polar surface area (TPSA) is 26.3 Å². The minimum Gasteiger partial charge on any atom is -0.494 e. The maximum atomic E-state index is 14.0. The zero-order chi connectivity index (χ0) is 13.1. The van der Waals surface area contributed by atoms with Crippen molar-refractivity contribution < 1.29 is 13.9 Å². The number of hydrogen-bond acceptors (Lipinski definition) is 2. The molecule has 4 heteroatoms. The van der Waals surface area contributed by atoms with Crippen molar-refractivity contribution in [3.63, 3.8) is 0 Å². The van der Waals surface area contributed by atoms with Gasteiger partial charge in [0.2, 0.25) is 0 Å². The molecule has 0 amide bonds. The summed E-state index contributed by atoms with van der Waals surface area (Å²) >= 11 is 2.11. The lowest BCUT2D eigenvalue weighted by Gasteiger charge is -2.06. The Bertz CT molecular complexity index is 596. The standard InChI is InChI=1S/C14H10FIO2/c1-18-12-7-3-6-11(13(12)15)14(17)9-4-2-5-10(16)8-9/h2-8H,1H3. The average Bonchev–Trinajstić information content (AvgIpc) is 2.38. The van der Waals surface area contributed by atoms with Crippen LogP contribution in [0.15, 0.2) is 42.5 Å². The molecule has 0 unspecified atom stereocenters. The number of carbonyl (C=O) groups is 1. The first kappa shape index (κ1) is 13.0. The van der Waals surface area contributed by atoms with Gasteiger partial charge in [0.1, 0.15) is 0 Å². The molecular formula is C14H10FIO2. The van der Waals surface area contributed by atoms with E-state index in [-0.39, 0.29) is 17.1 Å². The highest BCUT2D eigenvalue weighted by atomic mass is 127. The van der Waals surface area contributed by atoms with Gasteiger partial charge in [0.15, 0.2) is 17.3 Å². The first-order valence-corrected chi connectivity index (χ1v) is 6.34. The summed E-state index contributed by atoms with van der Waals surface area (Å²) in [5, 5.41) is 0. The van der Waals surface area contributed by atoms with Crippen LogP contribution in [-0.4, -0.2) is 12.9 Å². The summed E-state index contributed by atoms with van der Waals surface area (Å²) in [5.41, 5.74) is 0.491. The van der Waals surface area contributed by atoms with E-state index in [9.17, 15) is 9.18 Å². The lowest BCUT2D eigenvalue weighted by molar-refractivity contribution is 0.103. The Morgan fingerprint density at radius 1 is 1.22 bits per heavy atom. The van der Waals surface area contributed by atoms with Crippen LogP contribution in [0.5, 0.6) is 5.75 Å². The third-order valence-corrected chi connectivity index (χ3v) is 3.19. The number of carbonyl (C=O) groups excluding carboxylic acids is 1. The minimum absolute atomic E-state index is 0.0244. The van der Waals surface area contributed by atoms with Crippen LogP contribution in [0.3, 0.4) is 0 Å². The number of ketones is 1. The van der Waals surface area contributed by atoms with Crippen molar-refractivity contribution in [1.82, 2.24) is 0 Å². The lowest BCUT2D eigenvalue weighted by atomic mass is 10.0. The highest BCUT2D eigenvalue weighted by molar-refractivity contribution is 14.1. The van der Waals surface area contributed by atoms with Gasteiger partial charge in [-0.3, -0.25) is 4.79 Å². The van der Waals surface area contributed by atoms with E-state index >= 15 is 0 Å². The van der Waals surface area contributed by atoms with E-state index in [1.54, 1.807) is 24.3 Å². The maximum absolute atomic E-state index is 14.0. The second-order valence-corrected chi connectivity index (χ2v) is 4.91. The molecule has 0 saturated carbocycles.